The highest BCUT2D eigenvalue weighted by atomic mass is 35.5. The molecule has 0 bridgehead atoms. The fourth-order valence-corrected chi connectivity index (χ4v) is 4.09. The normalized spacial score (nSPS) is 11.1. The smallest absolute Gasteiger partial charge is 0.340 e. The van der Waals surface area contributed by atoms with E-state index in [0.29, 0.717) is 44.8 Å². The molecule has 0 saturated heterocycles. The molecular formula is C25H25Cl2N3O5. The van der Waals surface area contributed by atoms with Crippen LogP contribution >= 0.6 is 23.2 Å². The van der Waals surface area contributed by atoms with Gasteiger partial charge in [0.25, 0.3) is 0 Å². The van der Waals surface area contributed by atoms with Crippen molar-refractivity contribution in [3.8, 4) is 0 Å². The predicted molar refractivity (Wildman–Crippen MR) is 133 cm³/mol. The van der Waals surface area contributed by atoms with E-state index in [4.69, 9.17) is 32.7 Å². The summed E-state index contributed by atoms with van der Waals surface area (Å²) < 4.78 is 11.7. The molecule has 0 unspecified atom stereocenters. The van der Waals surface area contributed by atoms with Gasteiger partial charge in [-0.25, -0.2) is 14.3 Å². The monoisotopic (exact) mass is 517 g/mol. The quantitative estimate of drug-likeness (QED) is 0.240. The van der Waals surface area contributed by atoms with Crippen molar-refractivity contribution >= 4 is 47.0 Å². The van der Waals surface area contributed by atoms with Gasteiger partial charge in [0, 0.05) is 22.4 Å². The number of carbonyl (C=O) groups excluding carboxylic acids is 3. The number of nitrogens with zero attached hydrogens (tertiary/aromatic N) is 2. The Morgan fingerprint density at radius 3 is 2.51 bits per heavy atom. The molecule has 2 aromatic heterocycles. The number of hydrogen-bond acceptors (Lipinski definition) is 6. The molecule has 0 amide bonds. The highest BCUT2D eigenvalue weighted by molar-refractivity contribution is 6.32. The summed E-state index contributed by atoms with van der Waals surface area (Å²) in [5.41, 5.74) is 3.48. The van der Waals surface area contributed by atoms with Crippen molar-refractivity contribution in [1.82, 2.24) is 14.8 Å². The number of H-pyrrole nitrogens is 1. The molecule has 35 heavy (non-hydrogen) atoms. The van der Waals surface area contributed by atoms with E-state index in [0.717, 1.165) is 5.56 Å². The lowest BCUT2D eigenvalue weighted by molar-refractivity contribution is -0.136. The van der Waals surface area contributed by atoms with Gasteiger partial charge in [0.15, 0.2) is 6.61 Å². The Kier molecular flexibility index (Phi) is 8.53. The van der Waals surface area contributed by atoms with Crippen molar-refractivity contribution in [1.29, 1.82) is 0 Å². The number of aromatic amines is 1. The number of rotatable bonds is 9. The molecule has 1 N–H and O–H groups in total. The first-order valence-electron chi connectivity index (χ1n) is 10.8. The van der Waals surface area contributed by atoms with Crippen LogP contribution in [0.25, 0.3) is 6.08 Å². The number of carbonyl (C=O) groups is 3. The van der Waals surface area contributed by atoms with E-state index in [1.807, 2.05) is 18.2 Å². The van der Waals surface area contributed by atoms with Gasteiger partial charge in [0.05, 0.1) is 30.1 Å². The summed E-state index contributed by atoms with van der Waals surface area (Å²) in [6, 6.07) is 7.37. The number of halogens is 2. The van der Waals surface area contributed by atoms with Crippen LogP contribution in [-0.4, -0.2) is 45.7 Å². The van der Waals surface area contributed by atoms with Crippen LogP contribution in [0.15, 0.2) is 30.3 Å². The Morgan fingerprint density at radius 1 is 1.11 bits per heavy atom. The van der Waals surface area contributed by atoms with E-state index >= 15 is 0 Å². The van der Waals surface area contributed by atoms with Gasteiger partial charge in [0.1, 0.15) is 5.15 Å². The topological polar surface area (TPSA) is 103 Å². The third-order valence-corrected chi connectivity index (χ3v) is 6.08. The van der Waals surface area contributed by atoms with Crippen molar-refractivity contribution in [2.45, 2.75) is 34.2 Å². The molecule has 0 fully saturated rings. The third kappa shape index (κ3) is 6.01. The third-order valence-electron chi connectivity index (χ3n) is 5.31. The van der Waals surface area contributed by atoms with Gasteiger partial charge in [-0.3, -0.25) is 4.79 Å². The first-order valence-corrected chi connectivity index (χ1v) is 11.6. The van der Waals surface area contributed by atoms with Gasteiger partial charge in [-0.15, -0.1) is 0 Å². The fourth-order valence-electron chi connectivity index (χ4n) is 3.60. The maximum atomic E-state index is 12.6. The molecule has 0 aliphatic carbocycles. The van der Waals surface area contributed by atoms with E-state index in [2.05, 4.69) is 10.1 Å². The van der Waals surface area contributed by atoms with Crippen LogP contribution in [0, 0.1) is 20.8 Å². The lowest BCUT2D eigenvalue weighted by atomic mass is 10.1. The molecule has 0 aliphatic heterocycles. The number of aryl methyl sites for hydroxylation is 2. The SMILES string of the molecule is CCOC(=O)c1c(C)[nH]c(C(=O)COC(=O)C=Cc2c(C)nn(Cc3ccccc3Cl)c2Cl)c1C. The number of Topliss-reactive ketones (excluding diaryl/α,β-unsaturated/α-hetero) is 1. The minimum atomic E-state index is -0.723. The molecule has 8 nitrogen and oxygen atoms in total. The van der Waals surface area contributed by atoms with Gasteiger partial charge in [0.2, 0.25) is 5.78 Å². The summed E-state index contributed by atoms with van der Waals surface area (Å²) in [5, 5.41) is 5.35. The standard InChI is InChI=1S/C25H25Cl2N3O5/c1-5-34-25(33)22-14(2)23(28-16(22)4)20(31)13-35-21(32)11-10-18-15(3)29-30(24(18)27)12-17-8-6-7-9-19(17)26/h6-11,28H,5,12-13H2,1-4H3. The summed E-state index contributed by atoms with van der Waals surface area (Å²) in [6.45, 7) is 6.87. The summed E-state index contributed by atoms with van der Waals surface area (Å²) in [4.78, 5) is 39.8. The van der Waals surface area contributed by atoms with Gasteiger partial charge >= 0.3 is 11.9 Å². The number of ketones is 1. The van der Waals surface area contributed by atoms with Crippen molar-refractivity contribution in [3.05, 3.63) is 79.9 Å². The number of hydrogen-bond donors (Lipinski definition) is 1. The molecule has 10 heteroatoms. The first-order chi connectivity index (χ1) is 16.6. The Balaban J connectivity index is 1.65. The maximum absolute atomic E-state index is 12.6. The molecule has 184 valence electrons. The second kappa shape index (κ2) is 11.4. The second-order valence-electron chi connectivity index (χ2n) is 7.75. The van der Waals surface area contributed by atoms with Crippen LogP contribution in [0.1, 0.15) is 55.8 Å². The highest BCUT2D eigenvalue weighted by Crippen LogP contribution is 2.24. The number of nitrogens with one attached hydrogen (secondary N) is 1. The second-order valence-corrected chi connectivity index (χ2v) is 8.51. The molecular weight excluding hydrogens is 493 g/mol. The lowest BCUT2D eigenvalue weighted by Gasteiger charge is -2.05. The van der Waals surface area contributed by atoms with Crippen LogP contribution in [0.3, 0.4) is 0 Å². The zero-order valence-corrected chi connectivity index (χ0v) is 21.3. The number of aromatic nitrogens is 3. The van der Waals surface area contributed by atoms with E-state index in [1.54, 1.807) is 38.4 Å². The predicted octanol–water partition coefficient (Wildman–Crippen LogP) is 5.11. The van der Waals surface area contributed by atoms with Gasteiger partial charge in [-0.1, -0.05) is 41.4 Å². The van der Waals surface area contributed by atoms with Crippen LogP contribution in [0.4, 0.5) is 0 Å². The summed E-state index contributed by atoms with van der Waals surface area (Å²) in [5.74, 6) is -1.70. The lowest BCUT2D eigenvalue weighted by Crippen LogP contribution is -2.14. The van der Waals surface area contributed by atoms with Crippen molar-refractivity contribution in [2.75, 3.05) is 13.2 Å². The molecule has 0 radical (unpaired) electrons. The Bertz CT molecular complexity index is 1310. The van der Waals surface area contributed by atoms with E-state index in [1.165, 1.54) is 12.2 Å². The highest BCUT2D eigenvalue weighted by Gasteiger charge is 2.23. The number of benzene rings is 1. The largest absolute Gasteiger partial charge is 0.462 e. The molecule has 0 saturated carbocycles. The van der Waals surface area contributed by atoms with Crippen molar-refractivity contribution < 1.29 is 23.9 Å². The molecule has 2 heterocycles. The average molecular weight is 518 g/mol. The Hall–Kier alpha value is -3.36. The Morgan fingerprint density at radius 2 is 1.83 bits per heavy atom. The van der Waals surface area contributed by atoms with Crippen LogP contribution in [0.5, 0.6) is 0 Å². The summed E-state index contributed by atoms with van der Waals surface area (Å²) in [7, 11) is 0. The average Bonchev–Trinajstić information content (AvgIpc) is 3.26. The number of ether oxygens (including phenoxy) is 2. The fraction of sp³-hybridized carbons (Fsp3) is 0.280. The van der Waals surface area contributed by atoms with Crippen LogP contribution in [-0.2, 0) is 20.8 Å². The van der Waals surface area contributed by atoms with Crippen molar-refractivity contribution in [3.63, 3.8) is 0 Å². The zero-order chi connectivity index (χ0) is 25.7. The molecule has 0 aliphatic rings. The Labute approximate surface area is 212 Å². The van der Waals surface area contributed by atoms with Crippen LogP contribution < -0.4 is 0 Å². The molecule has 3 rings (SSSR count). The van der Waals surface area contributed by atoms with E-state index in [-0.39, 0.29) is 12.3 Å². The summed E-state index contributed by atoms with van der Waals surface area (Å²) in [6.07, 6.45) is 2.67. The van der Waals surface area contributed by atoms with Crippen molar-refractivity contribution in [2.24, 2.45) is 0 Å². The van der Waals surface area contributed by atoms with Gasteiger partial charge < -0.3 is 14.5 Å². The van der Waals surface area contributed by atoms with Gasteiger partial charge in [-0.05, 0) is 51.0 Å². The first kappa shape index (κ1) is 26.2. The number of esters is 2. The van der Waals surface area contributed by atoms with Crippen LogP contribution in [0.2, 0.25) is 10.2 Å². The zero-order valence-electron chi connectivity index (χ0n) is 19.8. The minimum absolute atomic E-state index is 0.196. The molecule has 0 atom stereocenters. The minimum Gasteiger partial charge on any atom is -0.462 e. The van der Waals surface area contributed by atoms with E-state index < -0.39 is 24.3 Å². The maximum Gasteiger partial charge on any atom is 0.340 e. The molecule has 0 spiro atoms. The van der Waals surface area contributed by atoms with E-state index in [9.17, 15) is 14.4 Å². The molecule has 3 aromatic rings. The molecule has 1 aromatic carbocycles. The van der Waals surface area contributed by atoms with Gasteiger partial charge in [-0.2, -0.15) is 5.10 Å². The summed E-state index contributed by atoms with van der Waals surface area (Å²) >= 11 is 12.7.